The highest BCUT2D eigenvalue weighted by Crippen LogP contribution is 2.29. The second-order valence-electron chi connectivity index (χ2n) is 8.85. The Balaban J connectivity index is 1.97. The molecule has 1 saturated heterocycles. The molecule has 1 aliphatic rings. The number of anilines is 3. The summed E-state index contributed by atoms with van der Waals surface area (Å²) in [5.41, 5.74) is 11.9. The van der Waals surface area contributed by atoms with Crippen LogP contribution in [0, 0.1) is 0 Å². The summed E-state index contributed by atoms with van der Waals surface area (Å²) in [6, 6.07) is 5.93. The van der Waals surface area contributed by atoms with E-state index in [4.69, 9.17) is 34.7 Å². The molecule has 3 rings (SSSR count). The van der Waals surface area contributed by atoms with Crippen LogP contribution in [0.1, 0.15) is 24.4 Å². The first-order valence-corrected chi connectivity index (χ1v) is 13.0. The highest BCUT2D eigenvalue weighted by Gasteiger charge is 2.35. The van der Waals surface area contributed by atoms with E-state index in [1.807, 2.05) is 18.2 Å². The van der Waals surface area contributed by atoms with E-state index in [9.17, 15) is 19.8 Å². The van der Waals surface area contributed by atoms with E-state index in [-0.39, 0.29) is 55.7 Å². The van der Waals surface area contributed by atoms with Crippen molar-refractivity contribution in [2.75, 3.05) is 60.8 Å². The molecule has 0 aliphatic carbocycles. The Bertz CT molecular complexity index is 1110. The van der Waals surface area contributed by atoms with Gasteiger partial charge in [-0.2, -0.15) is 15.0 Å². The number of nitrogens with two attached hydrogens (primary N) is 2. The fourth-order valence-electron chi connectivity index (χ4n) is 4.09. The molecule has 1 aromatic carbocycles. The SMILES string of the molecule is CN(CCC(N)O)c1nc(NC(CCO)c2ccccc2Cl)nc(N2CCN(C(=O)CCl)C(C(N)=O)C2)n1. The Morgan fingerprint density at radius 2 is 1.97 bits per heavy atom. The predicted octanol–water partition coefficient (Wildman–Crippen LogP) is -0.0947. The summed E-state index contributed by atoms with van der Waals surface area (Å²) in [4.78, 5) is 42.9. The summed E-state index contributed by atoms with van der Waals surface area (Å²) in [6.45, 7) is 0.832. The van der Waals surface area contributed by atoms with Gasteiger partial charge in [-0.1, -0.05) is 29.8 Å². The lowest BCUT2D eigenvalue weighted by Gasteiger charge is -2.39. The maximum absolute atomic E-state index is 12.2. The number of halogens is 2. The average molecular weight is 570 g/mol. The summed E-state index contributed by atoms with van der Waals surface area (Å²) in [7, 11) is 1.74. The molecule has 15 heteroatoms. The number of nitrogens with one attached hydrogen (secondary N) is 1. The zero-order valence-corrected chi connectivity index (χ0v) is 22.5. The molecule has 0 radical (unpaired) electrons. The Kier molecular flexibility index (Phi) is 10.7. The van der Waals surface area contributed by atoms with Crippen LogP contribution < -0.4 is 26.6 Å². The number of hydrogen-bond donors (Lipinski definition) is 5. The van der Waals surface area contributed by atoms with Crippen molar-refractivity contribution in [2.24, 2.45) is 11.5 Å². The van der Waals surface area contributed by atoms with Gasteiger partial charge in [0.25, 0.3) is 0 Å². The van der Waals surface area contributed by atoms with E-state index in [1.54, 1.807) is 22.9 Å². The van der Waals surface area contributed by atoms with Gasteiger partial charge in [0.05, 0.1) is 12.6 Å². The summed E-state index contributed by atoms with van der Waals surface area (Å²) >= 11 is 12.1. The Hall–Kier alpha value is -2.97. The minimum Gasteiger partial charge on any atom is -0.396 e. The molecule has 13 nitrogen and oxygen atoms in total. The lowest BCUT2D eigenvalue weighted by atomic mass is 10.0. The quantitative estimate of drug-likeness (QED) is 0.169. The average Bonchev–Trinajstić information content (AvgIpc) is 2.90. The first-order chi connectivity index (χ1) is 18.1. The third kappa shape index (κ3) is 7.54. The van der Waals surface area contributed by atoms with Crippen molar-refractivity contribution in [3.63, 3.8) is 0 Å². The summed E-state index contributed by atoms with van der Waals surface area (Å²) in [6.07, 6.45) is -0.400. The van der Waals surface area contributed by atoms with Crippen LogP contribution >= 0.6 is 23.2 Å². The maximum atomic E-state index is 12.2. The summed E-state index contributed by atoms with van der Waals surface area (Å²) in [5.74, 6) is -0.575. The number of hydrogen-bond acceptors (Lipinski definition) is 11. The van der Waals surface area contributed by atoms with Crippen LogP contribution in [0.5, 0.6) is 0 Å². The van der Waals surface area contributed by atoms with Crippen LogP contribution in [0.15, 0.2) is 24.3 Å². The standard InChI is InChI=1S/C23H33Cl2N9O4/c1-32(8-6-18(26)36)22-29-21(28-16(7-11-35)14-4-2-3-5-15(14)25)30-23(31-22)33-9-10-34(19(37)12-24)17(13-33)20(27)38/h2-5,16-18,35-36H,6-13,26H2,1H3,(H2,27,38)(H,28,29,30,31). The van der Waals surface area contributed by atoms with Gasteiger partial charge in [0.15, 0.2) is 0 Å². The molecule has 1 fully saturated rings. The molecule has 38 heavy (non-hydrogen) atoms. The molecule has 0 bridgehead atoms. The maximum Gasteiger partial charge on any atom is 0.242 e. The highest BCUT2D eigenvalue weighted by molar-refractivity contribution is 6.31. The van der Waals surface area contributed by atoms with E-state index < -0.39 is 24.2 Å². The van der Waals surface area contributed by atoms with E-state index in [0.29, 0.717) is 24.5 Å². The molecule has 2 amide bonds. The molecule has 3 unspecified atom stereocenters. The third-order valence-corrected chi connectivity index (χ3v) is 6.71. The minimum atomic E-state index is -1.01. The molecular formula is C23H33Cl2N9O4. The Labute approximate surface area is 230 Å². The number of aliphatic hydroxyl groups is 2. The number of aromatic nitrogens is 3. The molecule has 7 N–H and O–H groups in total. The monoisotopic (exact) mass is 569 g/mol. The van der Waals surface area contributed by atoms with Crippen LogP contribution in [-0.2, 0) is 9.59 Å². The Morgan fingerprint density at radius 3 is 2.61 bits per heavy atom. The van der Waals surface area contributed by atoms with Crippen molar-refractivity contribution in [1.29, 1.82) is 0 Å². The number of carbonyl (C=O) groups excluding carboxylic acids is 2. The van der Waals surface area contributed by atoms with Gasteiger partial charge >= 0.3 is 0 Å². The highest BCUT2D eigenvalue weighted by atomic mass is 35.5. The van der Waals surface area contributed by atoms with E-state index >= 15 is 0 Å². The van der Waals surface area contributed by atoms with Gasteiger partial charge in [0.2, 0.25) is 29.7 Å². The van der Waals surface area contributed by atoms with Gasteiger partial charge in [-0.3, -0.25) is 9.59 Å². The summed E-state index contributed by atoms with van der Waals surface area (Å²) in [5, 5.41) is 23.0. The number of aliphatic hydroxyl groups excluding tert-OH is 2. The van der Waals surface area contributed by atoms with Crippen LogP contribution in [0.4, 0.5) is 17.8 Å². The van der Waals surface area contributed by atoms with Crippen molar-refractivity contribution in [1.82, 2.24) is 19.9 Å². The molecule has 0 spiro atoms. The van der Waals surface area contributed by atoms with Crippen molar-refractivity contribution in [3.8, 4) is 0 Å². The molecule has 1 aliphatic heterocycles. The van der Waals surface area contributed by atoms with Gasteiger partial charge < -0.3 is 41.7 Å². The van der Waals surface area contributed by atoms with E-state index in [1.165, 1.54) is 4.90 Å². The number of piperazine rings is 1. The first-order valence-electron chi connectivity index (χ1n) is 12.1. The van der Waals surface area contributed by atoms with Gasteiger partial charge in [0, 0.05) is 44.7 Å². The van der Waals surface area contributed by atoms with Gasteiger partial charge in [-0.15, -0.1) is 11.6 Å². The molecule has 2 heterocycles. The molecule has 1 aromatic heterocycles. The molecule has 2 aromatic rings. The van der Waals surface area contributed by atoms with Crippen molar-refractivity contribution >= 4 is 52.9 Å². The normalized spacial score (nSPS) is 17.2. The van der Waals surface area contributed by atoms with Crippen molar-refractivity contribution in [2.45, 2.75) is 31.2 Å². The molecule has 208 valence electrons. The second kappa shape index (κ2) is 13.7. The lowest BCUT2D eigenvalue weighted by molar-refractivity contribution is -0.137. The molecule has 0 saturated carbocycles. The van der Waals surface area contributed by atoms with Crippen molar-refractivity contribution in [3.05, 3.63) is 34.9 Å². The van der Waals surface area contributed by atoms with E-state index in [2.05, 4.69) is 20.3 Å². The molecular weight excluding hydrogens is 537 g/mol. The zero-order valence-electron chi connectivity index (χ0n) is 21.0. The number of carbonyl (C=O) groups is 2. The number of alkyl halides is 1. The topological polar surface area (TPSA) is 187 Å². The number of benzene rings is 1. The molecule has 3 atom stereocenters. The number of rotatable bonds is 12. The van der Waals surface area contributed by atoms with Crippen LogP contribution in [-0.4, -0.2) is 99.9 Å². The number of primary amides is 1. The van der Waals surface area contributed by atoms with E-state index in [0.717, 1.165) is 5.56 Å². The van der Waals surface area contributed by atoms with Crippen LogP contribution in [0.3, 0.4) is 0 Å². The van der Waals surface area contributed by atoms with Crippen LogP contribution in [0.2, 0.25) is 5.02 Å². The third-order valence-electron chi connectivity index (χ3n) is 6.14. The summed E-state index contributed by atoms with van der Waals surface area (Å²) < 4.78 is 0. The van der Waals surface area contributed by atoms with Crippen LogP contribution in [0.25, 0.3) is 0 Å². The zero-order chi connectivity index (χ0) is 27.8. The largest absolute Gasteiger partial charge is 0.396 e. The Morgan fingerprint density at radius 1 is 1.24 bits per heavy atom. The smallest absolute Gasteiger partial charge is 0.242 e. The lowest BCUT2D eigenvalue weighted by Crippen LogP contribution is -2.60. The second-order valence-corrected chi connectivity index (χ2v) is 9.53. The number of nitrogens with zero attached hydrogens (tertiary/aromatic N) is 6. The minimum absolute atomic E-state index is 0.0661. The predicted molar refractivity (Wildman–Crippen MR) is 145 cm³/mol. The number of amides is 2. The fourth-order valence-corrected chi connectivity index (χ4v) is 4.51. The van der Waals surface area contributed by atoms with Gasteiger partial charge in [-0.25, -0.2) is 0 Å². The van der Waals surface area contributed by atoms with Gasteiger partial charge in [0.1, 0.15) is 18.1 Å². The van der Waals surface area contributed by atoms with Gasteiger partial charge in [-0.05, 0) is 18.1 Å². The first kappa shape index (κ1) is 29.6. The van der Waals surface area contributed by atoms with Crippen molar-refractivity contribution < 1.29 is 19.8 Å². The fraction of sp³-hybridized carbons (Fsp3) is 0.522.